The molecule has 0 bridgehead atoms. The Morgan fingerprint density at radius 2 is 2.00 bits per heavy atom. The number of ketones is 1. The van der Waals surface area contributed by atoms with E-state index in [1.54, 1.807) is 24.3 Å². The van der Waals surface area contributed by atoms with Gasteiger partial charge in [0.1, 0.15) is 12.1 Å². The number of carbonyl (C=O) groups is 1. The van der Waals surface area contributed by atoms with Crippen molar-refractivity contribution in [2.75, 3.05) is 12.0 Å². The highest BCUT2D eigenvalue weighted by Crippen LogP contribution is 2.15. The lowest BCUT2D eigenvalue weighted by Crippen LogP contribution is -2.12. The second-order valence-corrected chi connectivity index (χ2v) is 4.87. The third kappa shape index (κ3) is 2.49. The van der Waals surface area contributed by atoms with E-state index in [1.165, 1.54) is 12.5 Å². The summed E-state index contributed by atoms with van der Waals surface area (Å²) in [4.78, 5) is 19.9. The van der Waals surface area contributed by atoms with E-state index in [2.05, 4.69) is 9.97 Å². The number of carbonyl (C=O) groups excluding carboxylic acids is 1. The Labute approximate surface area is 107 Å². The number of anilines is 1. The predicted octanol–water partition coefficient (Wildman–Crippen LogP) is 1.03. The topological polar surface area (TPSA) is 91.9 Å². The van der Waals surface area contributed by atoms with E-state index in [-0.39, 0.29) is 22.3 Å². The molecule has 0 saturated heterocycles. The van der Waals surface area contributed by atoms with E-state index < -0.39 is 11.2 Å². The monoisotopic (exact) mass is 261 g/mol. The summed E-state index contributed by atoms with van der Waals surface area (Å²) in [6.45, 7) is 0. The highest BCUT2D eigenvalue weighted by atomic mass is 32.2. The summed E-state index contributed by atoms with van der Waals surface area (Å²) in [6.07, 6.45) is 2.77. The average molecular weight is 261 g/mol. The Balaban J connectivity index is 2.38. The van der Waals surface area contributed by atoms with Crippen LogP contribution in [0.3, 0.4) is 0 Å². The van der Waals surface area contributed by atoms with E-state index >= 15 is 0 Å². The third-order valence-electron chi connectivity index (χ3n) is 2.33. The first kappa shape index (κ1) is 12.5. The van der Waals surface area contributed by atoms with Crippen LogP contribution in [0.5, 0.6) is 0 Å². The molecule has 1 aromatic heterocycles. The smallest absolute Gasteiger partial charge is 0.344 e. The van der Waals surface area contributed by atoms with Gasteiger partial charge in [-0.2, -0.15) is 9.97 Å². The van der Waals surface area contributed by atoms with Crippen molar-refractivity contribution in [2.24, 2.45) is 0 Å². The fraction of sp³-hybridized carbons (Fsp3) is 0.0833. The van der Waals surface area contributed by atoms with E-state index in [9.17, 15) is 9.35 Å². The predicted molar refractivity (Wildman–Crippen MR) is 68.7 cm³/mol. The quantitative estimate of drug-likeness (QED) is 0.506. The molecular formula is C12H11N3O2S. The molecule has 0 fully saturated rings. The minimum atomic E-state index is -1.32. The van der Waals surface area contributed by atoms with Crippen LogP contribution in [0.15, 0.2) is 41.7 Å². The molecule has 2 N–H and O–H groups in total. The van der Waals surface area contributed by atoms with Gasteiger partial charge >= 0.3 is 5.16 Å². The molecule has 0 aliphatic rings. The Hall–Kier alpha value is -1.92. The normalized spacial score (nSPS) is 12.1. The van der Waals surface area contributed by atoms with E-state index in [0.29, 0.717) is 5.56 Å². The second-order valence-electron chi connectivity index (χ2n) is 3.60. The van der Waals surface area contributed by atoms with Crippen LogP contribution < -0.4 is 5.73 Å². The largest absolute Gasteiger partial charge is 0.609 e. The number of hydrogen-bond donors (Lipinski definition) is 1. The van der Waals surface area contributed by atoms with Gasteiger partial charge in [0.15, 0.2) is 5.78 Å². The third-order valence-corrected chi connectivity index (χ3v) is 3.04. The molecule has 92 valence electrons. The van der Waals surface area contributed by atoms with Crippen molar-refractivity contribution in [2.45, 2.75) is 5.16 Å². The van der Waals surface area contributed by atoms with Gasteiger partial charge in [-0.1, -0.05) is 30.3 Å². The summed E-state index contributed by atoms with van der Waals surface area (Å²) in [7, 11) is 0. The lowest BCUT2D eigenvalue weighted by atomic mass is 10.1. The van der Waals surface area contributed by atoms with Gasteiger partial charge in [0, 0.05) is 22.9 Å². The van der Waals surface area contributed by atoms with Crippen LogP contribution in [0.1, 0.15) is 15.9 Å². The maximum atomic E-state index is 12.1. The SMILES string of the molecule is C[S+]([O-])c1ncc(C(=O)c2ccccc2)c(N)n1. The van der Waals surface area contributed by atoms with Crippen LogP contribution in [0, 0.1) is 0 Å². The van der Waals surface area contributed by atoms with Gasteiger partial charge in [-0.05, 0) is 0 Å². The molecule has 1 unspecified atom stereocenters. The Bertz CT molecular complexity index is 573. The number of nitrogens with zero attached hydrogens (tertiary/aromatic N) is 2. The minimum absolute atomic E-state index is 0.0454. The highest BCUT2D eigenvalue weighted by Gasteiger charge is 2.17. The molecule has 0 aliphatic carbocycles. The zero-order valence-corrected chi connectivity index (χ0v) is 10.5. The second kappa shape index (κ2) is 5.16. The van der Waals surface area contributed by atoms with Gasteiger partial charge in [0.25, 0.3) is 0 Å². The molecular weight excluding hydrogens is 250 g/mol. The number of nitrogen functional groups attached to an aromatic ring is 1. The van der Waals surface area contributed by atoms with Crippen LogP contribution in [0.2, 0.25) is 0 Å². The number of aromatic nitrogens is 2. The first-order valence-electron chi connectivity index (χ1n) is 5.15. The summed E-state index contributed by atoms with van der Waals surface area (Å²) >= 11 is -1.32. The zero-order valence-electron chi connectivity index (χ0n) is 9.66. The molecule has 0 spiro atoms. The fourth-order valence-electron chi connectivity index (χ4n) is 1.44. The van der Waals surface area contributed by atoms with Crippen molar-refractivity contribution in [3.05, 3.63) is 47.7 Å². The van der Waals surface area contributed by atoms with Crippen LogP contribution in [-0.4, -0.2) is 26.6 Å². The van der Waals surface area contributed by atoms with Crippen LogP contribution >= 0.6 is 0 Å². The molecule has 0 aliphatic heterocycles. The van der Waals surface area contributed by atoms with Crippen LogP contribution in [-0.2, 0) is 11.2 Å². The number of nitrogens with two attached hydrogens (primary N) is 1. The molecule has 2 aromatic rings. The molecule has 18 heavy (non-hydrogen) atoms. The van der Waals surface area contributed by atoms with Gasteiger partial charge in [-0.15, -0.1) is 0 Å². The van der Waals surface area contributed by atoms with Gasteiger partial charge in [-0.3, -0.25) is 4.79 Å². The van der Waals surface area contributed by atoms with E-state index in [0.717, 1.165) is 0 Å². The number of rotatable bonds is 3. The number of benzene rings is 1. The van der Waals surface area contributed by atoms with Crippen LogP contribution in [0.25, 0.3) is 0 Å². The highest BCUT2D eigenvalue weighted by molar-refractivity contribution is 7.90. The lowest BCUT2D eigenvalue weighted by molar-refractivity contribution is 0.103. The maximum absolute atomic E-state index is 12.1. The number of hydrogen-bond acceptors (Lipinski definition) is 5. The maximum Gasteiger partial charge on any atom is 0.344 e. The summed E-state index contributed by atoms with van der Waals surface area (Å²) in [5, 5.41) is 0.122. The average Bonchev–Trinajstić information content (AvgIpc) is 2.38. The lowest BCUT2D eigenvalue weighted by Gasteiger charge is -2.06. The van der Waals surface area contributed by atoms with Gasteiger partial charge in [0.05, 0.1) is 5.56 Å². The van der Waals surface area contributed by atoms with Crippen molar-refractivity contribution in [1.29, 1.82) is 0 Å². The molecule has 0 saturated carbocycles. The molecule has 6 heteroatoms. The van der Waals surface area contributed by atoms with Crippen molar-refractivity contribution >= 4 is 22.8 Å². The molecule has 5 nitrogen and oxygen atoms in total. The summed E-state index contributed by atoms with van der Waals surface area (Å²) in [5.41, 5.74) is 6.42. The van der Waals surface area contributed by atoms with E-state index in [4.69, 9.17) is 5.73 Å². The standard InChI is InChI=1S/C12H11N3O2S/c1-18(17)12-14-7-9(11(13)15-12)10(16)8-5-3-2-4-6-8/h2-7H,1H3,(H2,13,14,15). The molecule has 1 atom stereocenters. The van der Waals surface area contributed by atoms with Crippen molar-refractivity contribution in [3.8, 4) is 0 Å². The first-order chi connectivity index (χ1) is 8.59. The van der Waals surface area contributed by atoms with Crippen molar-refractivity contribution in [3.63, 3.8) is 0 Å². The molecule has 0 amide bonds. The molecule has 1 heterocycles. The Morgan fingerprint density at radius 1 is 1.33 bits per heavy atom. The minimum Gasteiger partial charge on any atom is -0.609 e. The summed E-state index contributed by atoms with van der Waals surface area (Å²) in [6, 6.07) is 8.72. The zero-order chi connectivity index (χ0) is 13.1. The summed E-state index contributed by atoms with van der Waals surface area (Å²) < 4.78 is 11.2. The Kier molecular flexibility index (Phi) is 3.59. The van der Waals surface area contributed by atoms with Crippen LogP contribution in [0.4, 0.5) is 5.82 Å². The Morgan fingerprint density at radius 3 is 2.56 bits per heavy atom. The van der Waals surface area contributed by atoms with Crippen molar-refractivity contribution < 1.29 is 9.35 Å². The van der Waals surface area contributed by atoms with Gasteiger partial charge in [-0.25, -0.2) is 0 Å². The summed E-state index contributed by atoms with van der Waals surface area (Å²) in [5.74, 6) is -0.203. The van der Waals surface area contributed by atoms with Gasteiger partial charge in [0.2, 0.25) is 0 Å². The molecule has 1 aromatic carbocycles. The van der Waals surface area contributed by atoms with Gasteiger partial charge < -0.3 is 10.3 Å². The first-order valence-corrected chi connectivity index (χ1v) is 6.71. The van der Waals surface area contributed by atoms with E-state index in [1.807, 2.05) is 6.07 Å². The molecule has 2 rings (SSSR count). The molecule has 0 radical (unpaired) electrons. The fourth-order valence-corrected chi connectivity index (χ4v) is 1.86. The van der Waals surface area contributed by atoms with Crippen molar-refractivity contribution in [1.82, 2.24) is 9.97 Å².